The summed E-state index contributed by atoms with van der Waals surface area (Å²) in [6.45, 7) is 16.0. The number of rotatable bonds is 5. The highest BCUT2D eigenvalue weighted by Gasteiger charge is 2.58. The van der Waals surface area contributed by atoms with E-state index in [0.717, 1.165) is 29.6 Å². The molecule has 0 spiro atoms. The van der Waals surface area contributed by atoms with Gasteiger partial charge in [-0.1, -0.05) is 63.3 Å². The number of ether oxygens (including phenoxy) is 3. The van der Waals surface area contributed by atoms with Crippen LogP contribution in [0.15, 0.2) is 59.7 Å². The molecule has 0 amide bonds. The van der Waals surface area contributed by atoms with Gasteiger partial charge in [-0.15, -0.1) is 0 Å². The molecule has 0 heterocycles. The Morgan fingerprint density at radius 3 is 2.26 bits per heavy atom. The summed E-state index contributed by atoms with van der Waals surface area (Å²) < 4.78 is 18.1. The summed E-state index contributed by atoms with van der Waals surface area (Å²) in [6.07, 6.45) is 5.47. The van der Waals surface area contributed by atoms with E-state index in [9.17, 15) is 14.4 Å². The molecule has 3 aliphatic carbocycles. The van der Waals surface area contributed by atoms with Crippen LogP contribution in [-0.2, 0) is 28.6 Å². The second kappa shape index (κ2) is 11.1. The first-order valence-electron chi connectivity index (χ1n) is 14.0. The Labute approximate surface area is 232 Å². The Morgan fingerprint density at radius 2 is 1.62 bits per heavy atom. The van der Waals surface area contributed by atoms with Crippen molar-refractivity contribution in [2.75, 3.05) is 0 Å². The lowest BCUT2D eigenvalue weighted by Crippen LogP contribution is -2.57. The zero-order chi connectivity index (χ0) is 28.5. The maximum Gasteiger partial charge on any atom is 0.331 e. The monoisotopic (exact) mass is 534 g/mol. The van der Waals surface area contributed by atoms with E-state index in [4.69, 9.17) is 14.2 Å². The van der Waals surface area contributed by atoms with Gasteiger partial charge in [0.2, 0.25) is 0 Å². The van der Waals surface area contributed by atoms with Crippen molar-refractivity contribution in [2.45, 2.75) is 92.0 Å². The summed E-state index contributed by atoms with van der Waals surface area (Å²) in [5.74, 6) is -1.33. The van der Waals surface area contributed by atoms with Gasteiger partial charge in [-0.05, 0) is 72.6 Å². The van der Waals surface area contributed by atoms with Gasteiger partial charge in [0.15, 0.2) is 0 Å². The van der Waals surface area contributed by atoms with Crippen molar-refractivity contribution < 1.29 is 28.6 Å². The minimum absolute atomic E-state index is 0.00744. The minimum Gasteiger partial charge on any atom is -0.462 e. The summed E-state index contributed by atoms with van der Waals surface area (Å²) in [7, 11) is 0. The fourth-order valence-corrected chi connectivity index (χ4v) is 7.61. The molecule has 39 heavy (non-hydrogen) atoms. The van der Waals surface area contributed by atoms with E-state index < -0.39 is 18.2 Å². The van der Waals surface area contributed by atoms with Crippen LogP contribution in [0, 0.1) is 22.7 Å². The first-order valence-corrected chi connectivity index (χ1v) is 14.0. The van der Waals surface area contributed by atoms with E-state index in [1.807, 2.05) is 30.3 Å². The number of carbonyl (C=O) groups is 3. The summed E-state index contributed by atoms with van der Waals surface area (Å²) in [5, 5.41) is 0. The van der Waals surface area contributed by atoms with Gasteiger partial charge in [0.25, 0.3) is 0 Å². The van der Waals surface area contributed by atoms with E-state index in [1.54, 1.807) is 6.08 Å². The standard InChI is InChI=1S/C33H42O6/c1-20-13-15-25-31(38-23(4)35)30-21(2)26(39-28(36)16-14-24-11-9-8-10-12-24)17-18-33(30,7)19-27(37-22(3)34)29(20)32(25,5)6/h8-12,14,16,25-27,30-31H,2,13,15,17-19H2,1,3-7H3/b16-14+/t25-,26-,27-,30-,31+,33-/m0/s1. The Hall–Kier alpha value is -3.15. The van der Waals surface area contributed by atoms with Gasteiger partial charge in [0.05, 0.1) is 0 Å². The molecule has 6 nitrogen and oxygen atoms in total. The molecule has 4 rings (SSSR count). The summed E-state index contributed by atoms with van der Waals surface area (Å²) >= 11 is 0. The van der Waals surface area contributed by atoms with Crippen molar-refractivity contribution in [1.29, 1.82) is 0 Å². The number of hydrogen-bond acceptors (Lipinski definition) is 6. The maximum absolute atomic E-state index is 12.8. The first-order chi connectivity index (χ1) is 18.3. The number of allylic oxidation sites excluding steroid dienone is 1. The Kier molecular flexibility index (Phi) is 8.25. The van der Waals surface area contributed by atoms with Gasteiger partial charge in [0.1, 0.15) is 18.3 Å². The quantitative estimate of drug-likeness (QED) is 0.183. The van der Waals surface area contributed by atoms with Crippen LogP contribution in [0.2, 0.25) is 0 Å². The van der Waals surface area contributed by atoms with Gasteiger partial charge < -0.3 is 14.2 Å². The fraction of sp³-hybridized carbons (Fsp3) is 0.545. The van der Waals surface area contributed by atoms with Gasteiger partial charge in [-0.2, -0.15) is 0 Å². The Bertz CT molecular complexity index is 1190. The Balaban J connectivity index is 1.70. The van der Waals surface area contributed by atoms with Gasteiger partial charge in [-0.3, -0.25) is 9.59 Å². The normalized spacial score (nSPS) is 32.1. The molecule has 6 atom stereocenters. The molecule has 0 radical (unpaired) electrons. The third-order valence-electron chi connectivity index (χ3n) is 9.23. The lowest BCUT2D eigenvalue weighted by atomic mass is 9.50. The highest BCUT2D eigenvalue weighted by Crippen LogP contribution is 2.60. The smallest absolute Gasteiger partial charge is 0.331 e. The van der Waals surface area contributed by atoms with Crippen LogP contribution in [0.5, 0.6) is 0 Å². The molecule has 2 fully saturated rings. The van der Waals surface area contributed by atoms with E-state index >= 15 is 0 Å². The highest BCUT2D eigenvalue weighted by atomic mass is 16.6. The predicted molar refractivity (Wildman–Crippen MR) is 150 cm³/mol. The minimum atomic E-state index is -0.496. The number of benzene rings is 1. The topological polar surface area (TPSA) is 78.9 Å². The van der Waals surface area contributed by atoms with Crippen LogP contribution in [0.25, 0.3) is 6.08 Å². The van der Waals surface area contributed by atoms with Gasteiger partial charge in [0, 0.05) is 31.8 Å². The Morgan fingerprint density at radius 1 is 0.949 bits per heavy atom. The fourth-order valence-electron chi connectivity index (χ4n) is 7.61. The van der Waals surface area contributed by atoms with Crippen molar-refractivity contribution in [3.63, 3.8) is 0 Å². The molecule has 1 aromatic rings. The van der Waals surface area contributed by atoms with E-state index in [0.29, 0.717) is 19.3 Å². The van der Waals surface area contributed by atoms with E-state index in [-0.39, 0.29) is 40.7 Å². The number of hydrogen-bond donors (Lipinski definition) is 0. The van der Waals surface area contributed by atoms with Gasteiger partial charge >= 0.3 is 17.9 Å². The predicted octanol–water partition coefficient (Wildman–Crippen LogP) is 6.60. The molecule has 210 valence electrons. The second-order valence-corrected chi connectivity index (χ2v) is 12.4. The van der Waals surface area contributed by atoms with E-state index in [1.165, 1.54) is 25.5 Å². The molecule has 6 heteroatoms. The second-order valence-electron chi connectivity index (χ2n) is 12.4. The molecule has 2 saturated carbocycles. The van der Waals surface area contributed by atoms with Crippen LogP contribution in [-0.4, -0.2) is 36.2 Å². The number of esters is 3. The maximum atomic E-state index is 12.8. The average Bonchev–Trinajstić information content (AvgIpc) is 2.83. The first kappa shape index (κ1) is 28.8. The number of carbonyl (C=O) groups excluding carboxylic acids is 3. The van der Waals surface area contributed by atoms with Crippen LogP contribution >= 0.6 is 0 Å². The third-order valence-corrected chi connectivity index (χ3v) is 9.23. The lowest BCUT2D eigenvalue weighted by molar-refractivity contribution is -0.170. The van der Waals surface area contributed by atoms with Crippen molar-refractivity contribution in [1.82, 2.24) is 0 Å². The zero-order valence-electron chi connectivity index (χ0n) is 24.1. The molecular weight excluding hydrogens is 492 g/mol. The molecule has 1 aromatic carbocycles. The van der Waals surface area contributed by atoms with Crippen LogP contribution in [0.1, 0.15) is 79.2 Å². The zero-order valence-corrected chi connectivity index (χ0v) is 24.1. The van der Waals surface area contributed by atoms with E-state index in [2.05, 4.69) is 34.3 Å². The van der Waals surface area contributed by atoms with Crippen molar-refractivity contribution >= 4 is 24.0 Å². The molecular formula is C33H42O6. The van der Waals surface area contributed by atoms with Gasteiger partial charge in [-0.25, -0.2) is 4.79 Å². The van der Waals surface area contributed by atoms with Crippen molar-refractivity contribution in [3.8, 4) is 0 Å². The molecule has 0 saturated heterocycles. The molecule has 3 aliphatic rings. The lowest BCUT2D eigenvalue weighted by Gasteiger charge is -2.57. The molecule has 0 aliphatic heterocycles. The molecule has 0 unspecified atom stereocenters. The average molecular weight is 535 g/mol. The summed E-state index contributed by atoms with van der Waals surface area (Å²) in [5.41, 5.74) is 3.33. The van der Waals surface area contributed by atoms with Crippen LogP contribution in [0.4, 0.5) is 0 Å². The SMILES string of the molecule is C=C1[C@@H](OC(=O)/C=C/c2ccccc2)CC[C@@]2(C)C[C@H](OC(C)=O)C3=C(C)CC[C@@H]([C@@H](OC(C)=O)[C@H]12)C3(C)C. The summed E-state index contributed by atoms with van der Waals surface area (Å²) in [4.78, 5) is 37.6. The third kappa shape index (κ3) is 5.90. The highest BCUT2D eigenvalue weighted by molar-refractivity contribution is 5.87. The largest absolute Gasteiger partial charge is 0.462 e. The molecule has 0 aromatic heterocycles. The number of fused-ring (bicyclic) bond motifs is 3. The summed E-state index contributed by atoms with van der Waals surface area (Å²) in [6, 6.07) is 9.59. The molecule has 2 bridgehead atoms. The van der Waals surface area contributed by atoms with Crippen molar-refractivity contribution in [3.05, 3.63) is 65.3 Å². The van der Waals surface area contributed by atoms with Crippen LogP contribution < -0.4 is 0 Å². The van der Waals surface area contributed by atoms with Crippen LogP contribution in [0.3, 0.4) is 0 Å². The van der Waals surface area contributed by atoms with Crippen molar-refractivity contribution in [2.24, 2.45) is 22.7 Å². The molecule has 0 N–H and O–H groups in total.